The maximum absolute atomic E-state index is 13.1. The molecule has 0 radical (unpaired) electrons. The SMILES string of the molecule is CCC(OC(=O)C(c1ccccc1)c1ccccc1)C(=O)NCc1ccccc1. The molecule has 1 unspecified atom stereocenters. The Hall–Kier alpha value is -3.40. The first kappa shape index (κ1) is 20.3. The smallest absolute Gasteiger partial charge is 0.318 e. The van der Waals surface area contributed by atoms with Gasteiger partial charge in [-0.2, -0.15) is 0 Å². The predicted octanol–water partition coefficient (Wildman–Crippen LogP) is 4.46. The van der Waals surface area contributed by atoms with Crippen LogP contribution in [-0.2, 0) is 20.9 Å². The third-order valence-electron chi connectivity index (χ3n) is 4.73. The Balaban J connectivity index is 1.72. The standard InChI is InChI=1S/C25H25NO3/c1-2-22(24(27)26-18-19-12-6-3-7-13-19)29-25(28)23(20-14-8-4-9-15-20)21-16-10-5-11-17-21/h3-17,22-23H,2,18H2,1H3,(H,26,27). The van der Waals surface area contributed by atoms with Crippen molar-refractivity contribution in [3.63, 3.8) is 0 Å². The van der Waals surface area contributed by atoms with Crippen LogP contribution in [-0.4, -0.2) is 18.0 Å². The van der Waals surface area contributed by atoms with Gasteiger partial charge in [0.15, 0.2) is 6.10 Å². The maximum Gasteiger partial charge on any atom is 0.318 e. The Morgan fingerprint density at radius 2 is 1.28 bits per heavy atom. The predicted molar refractivity (Wildman–Crippen MR) is 113 cm³/mol. The van der Waals surface area contributed by atoms with Crippen LogP contribution in [0.4, 0.5) is 0 Å². The van der Waals surface area contributed by atoms with Crippen LogP contribution in [0.5, 0.6) is 0 Å². The van der Waals surface area contributed by atoms with E-state index in [0.717, 1.165) is 16.7 Å². The fraction of sp³-hybridized carbons (Fsp3) is 0.200. The lowest BCUT2D eigenvalue weighted by atomic mass is 9.91. The minimum Gasteiger partial charge on any atom is -0.452 e. The normalized spacial score (nSPS) is 11.7. The maximum atomic E-state index is 13.1. The van der Waals surface area contributed by atoms with E-state index in [1.165, 1.54) is 0 Å². The van der Waals surface area contributed by atoms with Gasteiger partial charge in [0.25, 0.3) is 5.91 Å². The van der Waals surface area contributed by atoms with Crippen LogP contribution >= 0.6 is 0 Å². The van der Waals surface area contributed by atoms with Gasteiger partial charge in [0.05, 0.1) is 0 Å². The zero-order valence-corrected chi connectivity index (χ0v) is 16.5. The molecule has 0 heterocycles. The van der Waals surface area contributed by atoms with Crippen LogP contribution < -0.4 is 5.32 Å². The highest BCUT2D eigenvalue weighted by molar-refractivity contribution is 5.87. The van der Waals surface area contributed by atoms with Crippen LogP contribution in [0.3, 0.4) is 0 Å². The molecule has 4 nitrogen and oxygen atoms in total. The molecular formula is C25H25NO3. The number of ether oxygens (including phenoxy) is 1. The van der Waals surface area contributed by atoms with Crippen LogP contribution in [0.2, 0.25) is 0 Å². The van der Waals surface area contributed by atoms with Crippen molar-refractivity contribution < 1.29 is 14.3 Å². The van der Waals surface area contributed by atoms with Crippen LogP contribution in [0.15, 0.2) is 91.0 Å². The summed E-state index contributed by atoms with van der Waals surface area (Å²) in [5.41, 5.74) is 2.67. The van der Waals surface area contributed by atoms with Crippen molar-refractivity contribution in [3.8, 4) is 0 Å². The average Bonchev–Trinajstić information content (AvgIpc) is 2.78. The number of nitrogens with one attached hydrogen (secondary N) is 1. The lowest BCUT2D eigenvalue weighted by Crippen LogP contribution is -2.38. The summed E-state index contributed by atoms with van der Waals surface area (Å²) in [6.45, 7) is 2.23. The van der Waals surface area contributed by atoms with Crippen LogP contribution in [0.1, 0.15) is 36.0 Å². The fourth-order valence-electron chi connectivity index (χ4n) is 3.18. The van der Waals surface area contributed by atoms with Gasteiger partial charge in [0, 0.05) is 6.54 Å². The molecule has 1 amide bonds. The van der Waals surface area contributed by atoms with E-state index < -0.39 is 18.0 Å². The van der Waals surface area contributed by atoms with E-state index in [2.05, 4.69) is 5.32 Å². The largest absolute Gasteiger partial charge is 0.452 e. The number of esters is 1. The molecule has 4 heteroatoms. The van der Waals surface area contributed by atoms with Crippen molar-refractivity contribution in [2.75, 3.05) is 0 Å². The quantitative estimate of drug-likeness (QED) is 0.581. The summed E-state index contributed by atoms with van der Waals surface area (Å²) < 4.78 is 5.67. The van der Waals surface area contributed by atoms with Crippen molar-refractivity contribution >= 4 is 11.9 Å². The minimum atomic E-state index is -0.832. The van der Waals surface area contributed by atoms with E-state index in [1.807, 2.05) is 97.9 Å². The van der Waals surface area contributed by atoms with Gasteiger partial charge in [-0.25, -0.2) is 0 Å². The molecule has 29 heavy (non-hydrogen) atoms. The van der Waals surface area contributed by atoms with E-state index in [1.54, 1.807) is 0 Å². The van der Waals surface area contributed by atoms with Gasteiger partial charge in [0.2, 0.25) is 0 Å². The van der Waals surface area contributed by atoms with Crippen molar-refractivity contribution in [2.45, 2.75) is 31.9 Å². The topological polar surface area (TPSA) is 55.4 Å². The molecule has 3 rings (SSSR count). The number of carbonyl (C=O) groups excluding carboxylic acids is 2. The van der Waals surface area contributed by atoms with E-state index >= 15 is 0 Å². The van der Waals surface area contributed by atoms with Crippen LogP contribution in [0.25, 0.3) is 0 Å². The second kappa shape index (κ2) is 10.2. The molecule has 0 spiro atoms. The molecule has 1 atom stereocenters. The number of carbonyl (C=O) groups is 2. The summed E-state index contributed by atoms with van der Waals surface area (Å²) in [6, 6.07) is 28.6. The molecule has 148 valence electrons. The zero-order valence-electron chi connectivity index (χ0n) is 16.5. The molecule has 0 saturated heterocycles. The molecule has 0 saturated carbocycles. The first-order chi connectivity index (χ1) is 14.2. The lowest BCUT2D eigenvalue weighted by Gasteiger charge is -2.21. The Bertz CT molecular complexity index is 871. The van der Waals surface area contributed by atoms with Gasteiger partial charge in [-0.15, -0.1) is 0 Å². The summed E-state index contributed by atoms with van der Waals surface area (Å²) in [4.78, 5) is 25.7. The van der Waals surface area contributed by atoms with Gasteiger partial charge in [-0.1, -0.05) is 97.9 Å². The van der Waals surface area contributed by atoms with Gasteiger partial charge in [-0.05, 0) is 23.1 Å². The zero-order chi connectivity index (χ0) is 20.5. The summed E-state index contributed by atoms with van der Waals surface area (Å²) in [5, 5.41) is 2.86. The molecule has 0 aromatic heterocycles. The molecule has 0 aliphatic heterocycles. The highest BCUT2D eigenvalue weighted by atomic mass is 16.5. The Kier molecular flexibility index (Phi) is 7.17. The molecular weight excluding hydrogens is 362 g/mol. The average molecular weight is 387 g/mol. The number of hydrogen-bond donors (Lipinski definition) is 1. The highest BCUT2D eigenvalue weighted by Gasteiger charge is 2.29. The second-order valence-corrected chi connectivity index (χ2v) is 6.79. The summed E-state index contributed by atoms with van der Waals surface area (Å²) >= 11 is 0. The van der Waals surface area contributed by atoms with E-state index in [-0.39, 0.29) is 5.91 Å². The molecule has 0 aliphatic carbocycles. The van der Waals surface area contributed by atoms with Crippen molar-refractivity contribution in [1.82, 2.24) is 5.32 Å². The highest BCUT2D eigenvalue weighted by Crippen LogP contribution is 2.26. The van der Waals surface area contributed by atoms with Crippen molar-refractivity contribution in [2.24, 2.45) is 0 Å². The van der Waals surface area contributed by atoms with Gasteiger partial charge >= 0.3 is 5.97 Å². The van der Waals surface area contributed by atoms with Gasteiger partial charge in [0.1, 0.15) is 5.92 Å². The third kappa shape index (κ3) is 5.55. The van der Waals surface area contributed by atoms with E-state index in [4.69, 9.17) is 4.74 Å². The molecule has 0 fully saturated rings. The van der Waals surface area contributed by atoms with Crippen LogP contribution in [0, 0.1) is 0 Å². The molecule has 3 aromatic rings. The first-order valence-corrected chi connectivity index (χ1v) is 9.81. The lowest BCUT2D eigenvalue weighted by molar-refractivity contribution is -0.156. The summed E-state index contributed by atoms with van der Waals surface area (Å²) in [7, 11) is 0. The molecule has 1 N–H and O–H groups in total. The van der Waals surface area contributed by atoms with Gasteiger partial charge < -0.3 is 10.1 Å². The fourth-order valence-corrected chi connectivity index (χ4v) is 3.18. The number of hydrogen-bond acceptors (Lipinski definition) is 3. The van der Waals surface area contributed by atoms with E-state index in [0.29, 0.717) is 13.0 Å². The molecule has 0 aliphatic rings. The Morgan fingerprint density at radius 3 is 1.76 bits per heavy atom. The third-order valence-corrected chi connectivity index (χ3v) is 4.73. The molecule has 0 bridgehead atoms. The summed E-state index contributed by atoms with van der Waals surface area (Å²) in [6.07, 6.45) is -0.427. The Labute approximate surface area is 171 Å². The molecule has 3 aromatic carbocycles. The Morgan fingerprint density at radius 1 is 0.793 bits per heavy atom. The minimum absolute atomic E-state index is 0.287. The number of rotatable bonds is 8. The summed E-state index contributed by atoms with van der Waals surface area (Å²) in [5.74, 6) is -1.29. The second-order valence-electron chi connectivity index (χ2n) is 6.79. The van der Waals surface area contributed by atoms with Gasteiger partial charge in [-0.3, -0.25) is 9.59 Å². The van der Waals surface area contributed by atoms with Crippen molar-refractivity contribution in [1.29, 1.82) is 0 Å². The van der Waals surface area contributed by atoms with Crippen molar-refractivity contribution in [3.05, 3.63) is 108 Å². The number of amides is 1. The number of benzene rings is 3. The first-order valence-electron chi connectivity index (χ1n) is 9.81. The monoisotopic (exact) mass is 387 g/mol. The van der Waals surface area contributed by atoms with E-state index in [9.17, 15) is 9.59 Å².